The van der Waals surface area contributed by atoms with Crippen LogP contribution >= 0.6 is 0 Å². The van der Waals surface area contributed by atoms with Gasteiger partial charge in [-0.2, -0.15) is 0 Å². The average Bonchev–Trinajstić information content (AvgIpc) is 3.37. The van der Waals surface area contributed by atoms with E-state index in [0.29, 0.717) is 6.04 Å². The Morgan fingerprint density at radius 1 is 1.19 bits per heavy atom. The van der Waals surface area contributed by atoms with Crippen molar-refractivity contribution in [3.05, 3.63) is 36.4 Å². The van der Waals surface area contributed by atoms with Crippen LogP contribution in [0.2, 0.25) is 0 Å². The van der Waals surface area contributed by atoms with Gasteiger partial charge >= 0.3 is 0 Å². The van der Waals surface area contributed by atoms with E-state index in [4.69, 9.17) is 9.72 Å². The molecule has 110 valence electrons. The highest BCUT2D eigenvalue weighted by atomic mass is 16.5. The zero-order valence-corrected chi connectivity index (χ0v) is 12.2. The minimum Gasteiger partial charge on any atom is -0.377 e. The van der Waals surface area contributed by atoms with Gasteiger partial charge in [0.05, 0.1) is 24.8 Å². The number of fused-ring (bicyclic) bond motifs is 1. The smallest absolute Gasteiger partial charge is 0.129 e. The Kier molecular flexibility index (Phi) is 3.49. The van der Waals surface area contributed by atoms with E-state index in [1.54, 1.807) is 0 Å². The number of anilines is 1. The van der Waals surface area contributed by atoms with Crippen LogP contribution in [-0.2, 0) is 4.74 Å². The number of benzene rings is 1. The molecule has 1 atom stereocenters. The van der Waals surface area contributed by atoms with Crippen molar-refractivity contribution < 1.29 is 4.74 Å². The van der Waals surface area contributed by atoms with Crippen LogP contribution in [0.15, 0.2) is 36.4 Å². The number of nitrogens with one attached hydrogen (secondary N) is 1. The topological polar surface area (TPSA) is 37.4 Å². The third-order valence-electron chi connectivity index (χ3n) is 4.33. The predicted molar refractivity (Wildman–Crippen MR) is 84.7 cm³/mol. The van der Waals surface area contributed by atoms with Crippen molar-refractivity contribution in [2.75, 3.05) is 31.2 Å². The molecule has 2 aliphatic rings. The van der Waals surface area contributed by atoms with Crippen molar-refractivity contribution in [1.29, 1.82) is 0 Å². The van der Waals surface area contributed by atoms with E-state index >= 15 is 0 Å². The van der Waals surface area contributed by atoms with Crippen LogP contribution in [0.25, 0.3) is 10.9 Å². The summed E-state index contributed by atoms with van der Waals surface area (Å²) in [7, 11) is 0. The molecule has 1 saturated carbocycles. The number of aromatic nitrogens is 1. The van der Waals surface area contributed by atoms with Crippen LogP contribution < -0.4 is 10.2 Å². The first kappa shape index (κ1) is 13.0. The SMILES string of the molecule is c1ccc2nc(N3CCOCC3CNC3CC3)ccc2c1. The quantitative estimate of drug-likeness (QED) is 0.933. The first-order valence-electron chi connectivity index (χ1n) is 7.84. The van der Waals surface area contributed by atoms with Gasteiger partial charge in [-0.1, -0.05) is 18.2 Å². The Hall–Kier alpha value is -1.65. The molecule has 0 spiro atoms. The molecule has 1 N–H and O–H groups in total. The summed E-state index contributed by atoms with van der Waals surface area (Å²) in [6.45, 7) is 3.48. The van der Waals surface area contributed by atoms with E-state index in [1.807, 2.05) is 6.07 Å². The van der Waals surface area contributed by atoms with Gasteiger partial charge in [0.25, 0.3) is 0 Å². The second-order valence-corrected chi connectivity index (χ2v) is 5.97. The lowest BCUT2D eigenvalue weighted by Gasteiger charge is -2.36. The number of para-hydroxylation sites is 1. The molecule has 2 heterocycles. The van der Waals surface area contributed by atoms with Crippen LogP contribution in [0.1, 0.15) is 12.8 Å². The highest BCUT2D eigenvalue weighted by Gasteiger charge is 2.27. The fourth-order valence-electron chi connectivity index (χ4n) is 2.93. The van der Waals surface area contributed by atoms with Gasteiger partial charge in [0.2, 0.25) is 0 Å². The number of pyridine rings is 1. The fourth-order valence-corrected chi connectivity index (χ4v) is 2.93. The number of rotatable bonds is 4. The number of morpholine rings is 1. The van der Waals surface area contributed by atoms with Crippen LogP contribution in [-0.4, -0.2) is 43.4 Å². The summed E-state index contributed by atoms with van der Waals surface area (Å²) in [4.78, 5) is 7.23. The summed E-state index contributed by atoms with van der Waals surface area (Å²) in [5, 5.41) is 4.81. The molecule has 0 bridgehead atoms. The number of hydrogen-bond donors (Lipinski definition) is 1. The van der Waals surface area contributed by atoms with Crippen molar-refractivity contribution in [3.8, 4) is 0 Å². The second kappa shape index (κ2) is 5.62. The predicted octanol–water partition coefficient (Wildman–Crippen LogP) is 2.19. The molecule has 1 unspecified atom stereocenters. The minimum absolute atomic E-state index is 0.382. The Bertz CT molecular complexity index is 626. The van der Waals surface area contributed by atoms with Gasteiger partial charge in [0.15, 0.2) is 0 Å². The number of ether oxygens (including phenoxy) is 1. The molecule has 4 heteroatoms. The van der Waals surface area contributed by atoms with Gasteiger partial charge in [-0.05, 0) is 31.0 Å². The first-order chi connectivity index (χ1) is 10.4. The highest BCUT2D eigenvalue weighted by Crippen LogP contribution is 2.23. The maximum atomic E-state index is 5.66. The summed E-state index contributed by atoms with van der Waals surface area (Å²) in [5.74, 6) is 1.07. The van der Waals surface area contributed by atoms with Gasteiger partial charge in [-0.25, -0.2) is 4.98 Å². The lowest BCUT2D eigenvalue weighted by molar-refractivity contribution is 0.0933. The van der Waals surface area contributed by atoms with Crippen molar-refractivity contribution in [2.24, 2.45) is 0 Å². The zero-order valence-electron chi connectivity index (χ0n) is 12.2. The molecule has 4 rings (SSSR count). The van der Waals surface area contributed by atoms with Crippen molar-refractivity contribution in [3.63, 3.8) is 0 Å². The minimum atomic E-state index is 0.382. The molecule has 1 aliphatic heterocycles. The molecule has 1 aliphatic carbocycles. The molecule has 21 heavy (non-hydrogen) atoms. The zero-order chi connectivity index (χ0) is 14.1. The van der Waals surface area contributed by atoms with Crippen molar-refractivity contribution in [1.82, 2.24) is 10.3 Å². The second-order valence-electron chi connectivity index (χ2n) is 5.97. The van der Waals surface area contributed by atoms with Gasteiger partial charge < -0.3 is 15.0 Å². The lowest BCUT2D eigenvalue weighted by Crippen LogP contribution is -2.51. The van der Waals surface area contributed by atoms with Gasteiger partial charge in [-0.3, -0.25) is 0 Å². The monoisotopic (exact) mass is 283 g/mol. The normalized spacial score (nSPS) is 22.7. The van der Waals surface area contributed by atoms with E-state index in [1.165, 1.54) is 18.2 Å². The molecule has 0 radical (unpaired) electrons. The third kappa shape index (κ3) is 2.87. The molecule has 4 nitrogen and oxygen atoms in total. The molecule has 0 amide bonds. The standard InChI is InChI=1S/C17H21N3O/c1-2-4-16-13(3-1)5-8-17(19-16)20-9-10-21-12-15(20)11-18-14-6-7-14/h1-5,8,14-15,18H,6-7,9-12H2. The molecule has 1 aromatic heterocycles. The molecular formula is C17H21N3O. The van der Waals surface area contributed by atoms with Crippen LogP contribution in [0.4, 0.5) is 5.82 Å². The van der Waals surface area contributed by atoms with Gasteiger partial charge in [-0.15, -0.1) is 0 Å². The Labute approximate surface area is 125 Å². The summed E-state index contributed by atoms with van der Waals surface area (Å²) >= 11 is 0. The molecule has 1 saturated heterocycles. The Balaban J connectivity index is 1.57. The summed E-state index contributed by atoms with van der Waals surface area (Å²) in [6, 6.07) is 13.7. The van der Waals surface area contributed by atoms with E-state index in [0.717, 1.165) is 43.7 Å². The lowest BCUT2D eigenvalue weighted by atomic mass is 10.2. The summed E-state index contributed by atoms with van der Waals surface area (Å²) < 4.78 is 5.66. The van der Waals surface area contributed by atoms with Gasteiger partial charge in [0, 0.05) is 24.5 Å². The Morgan fingerprint density at radius 2 is 2.10 bits per heavy atom. The fraction of sp³-hybridized carbons (Fsp3) is 0.471. The first-order valence-corrected chi connectivity index (χ1v) is 7.84. The van der Waals surface area contributed by atoms with E-state index in [-0.39, 0.29) is 0 Å². The van der Waals surface area contributed by atoms with E-state index < -0.39 is 0 Å². The maximum absolute atomic E-state index is 5.66. The summed E-state index contributed by atoms with van der Waals surface area (Å²) in [6.07, 6.45) is 2.64. The molecular weight excluding hydrogens is 262 g/mol. The maximum Gasteiger partial charge on any atom is 0.129 e. The largest absolute Gasteiger partial charge is 0.377 e. The molecule has 2 fully saturated rings. The van der Waals surface area contributed by atoms with Crippen LogP contribution in [0.5, 0.6) is 0 Å². The highest BCUT2D eigenvalue weighted by molar-refractivity contribution is 5.80. The number of hydrogen-bond acceptors (Lipinski definition) is 4. The van der Waals surface area contributed by atoms with Crippen LogP contribution in [0.3, 0.4) is 0 Å². The van der Waals surface area contributed by atoms with E-state index in [9.17, 15) is 0 Å². The van der Waals surface area contributed by atoms with Gasteiger partial charge in [0.1, 0.15) is 5.82 Å². The number of nitrogens with zero attached hydrogens (tertiary/aromatic N) is 2. The molecule has 1 aromatic carbocycles. The van der Waals surface area contributed by atoms with Crippen LogP contribution in [0, 0.1) is 0 Å². The average molecular weight is 283 g/mol. The van der Waals surface area contributed by atoms with E-state index in [2.05, 4.69) is 40.5 Å². The third-order valence-corrected chi connectivity index (χ3v) is 4.33. The Morgan fingerprint density at radius 3 is 3.00 bits per heavy atom. The molecule has 2 aromatic rings. The van der Waals surface area contributed by atoms with Crippen molar-refractivity contribution >= 4 is 16.7 Å². The van der Waals surface area contributed by atoms with Crippen molar-refractivity contribution in [2.45, 2.75) is 24.9 Å². The summed E-state index contributed by atoms with van der Waals surface area (Å²) in [5.41, 5.74) is 1.07.